The van der Waals surface area contributed by atoms with Gasteiger partial charge in [0, 0.05) is 18.7 Å². The van der Waals surface area contributed by atoms with Crippen LogP contribution in [0.5, 0.6) is 0 Å². The fourth-order valence-corrected chi connectivity index (χ4v) is 2.89. The van der Waals surface area contributed by atoms with Gasteiger partial charge in [0.15, 0.2) is 0 Å². The van der Waals surface area contributed by atoms with E-state index >= 15 is 0 Å². The van der Waals surface area contributed by atoms with Gasteiger partial charge < -0.3 is 10.1 Å². The molecule has 0 fully saturated rings. The maximum absolute atomic E-state index is 10.5. The van der Waals surface area contributed by atoms with Gasteiger partial charge in [-0.2, -0.15) is 0 Å². The van der Waals surface area contributed by atoms with Crippen LogP contribution in [0.3, 0.4) is 0 Å². The van der Waals surface area contributed by atoms with E-state index < -0.39 is 0 Å². The van der Waals surface area contributed by atoms with Gasteiger partial charge in [0.1, 0.15) is 6.29 Å². The highest BCUT2D eigenvalue weighted by Gasteiger charge is 2.27. The smallest absolute Gasteiger partial charge is 0.121 e. The van der Waals surface area contributed by atoms with Crippen LogP contribution in [0.25, 0.3) is 0 Å². The van der Waals surface area contributed by atoms with Crippen molar-refractivity contribution < 1.29 is 4.79 Å². The highest BCUT2D eigenvalue weighted by molar-refractivity contribution is 5.57. The van der Waals surface area contributed by atoms with E-state index in [9.17, 15) is 4.79 Å². The van der Waals surface area contributed by atoms with Gasteiger partial charge in [-0.25, -0.2) is 0 Å². The lowest BCUT2D eigenvalue weighted by Crippen LogP contribution is -2.25. The SMILES string of the molecule is CCC(C)(Cc1ccccc1)c1ccccc1NCCC=O. The Morgan fingerprint density at radius 3 is 2.41 bits per heavy atom. The van der Waals surface area contributed by atoms with Crippen LogP contribution in [0.1, 0.15) is 37.8 Å². The first-order chi connectivity index (χ1) is 10.7. The third-order valence-electron chi connectivity index (χ3n) is 4.37. The van der Waals surface area contributed by atoms with Gasteiger partial charge in [-0.3, -0.25) is 0 Å². The maximum atomic E-state index is 10.5. The summed E-state index contributed by atoms with van der Waals surface area (Å²) in [7, 11) is 0. The number of para-hydroxylation sites is 1. The van der Waals surface area contributed by atoms with E-state index in [4.69, 9.17) is 0 Å². The first-order valence-corrected chi connectivity index (χ1v) is 8.00. The normalized spacial score (nSPS) is 13.4. The molecule has 2 nitrogen and oxygen atoms in total. The first kappa shape index (κ1) is 16.3. The molecule has 0 saturated heterocycles. The number of carbonyl (C=O) groups is 1. The quantitative estimate of drug-likeness (QED) is 0.569. The minimum absolute atomic E-state index is 0.0755. The second kappa shape index (κ2) is 7.79. The molecule has 22 heavy (non-hydrogen) atoms. The Morgan fingerprint density at radius 2 is 1.73 bits per heavy atom. The minimum Gasteiger partial charge on any atom is -0.384 e. The van der Waals surface area contributed by atoms with Crippen LogP contribution in [0.4, 0.5) is 5.69 Å². The predicted octanol–water partition coefficient (Wildman–Crippen LogP) is 4.60. The Kier molecular flexibility index (Phi) is 5.76. The second-order valence-corrected chi connectivity index (χ2v) is 6.00. The molecule has 0 bridgehead atoms. The van der Waals surface area contributed by atoms with Crippen molar-refractivity contribution in [2.45, 2.75) is 38.5 Å². The van der Waals surface area contributed by atoms with Gasteiger partial charge in [0.2, 0.25) is 0 Å². The summed E-state index contributed by atoms with van der Waals surface area (Å²) in [6.07, 6.45) is 3.57. The monoisotopic (exact) mass is 295 g/mol. The molecule has 116 valence electrons. The van der Waals surface area contributed by atoms with Crippen LogP contribution in [-0.2, 0) is 16.6 Å². The zero-order chi connectivity index (χ0) is 15.8. The predicted molar refractivity (Wildman–Crippen MR) is 93.4 cm³/mol. The van der Waals surface area contributed by atoms with Gasteiger partial charge in [0.25, 0.3) is 0 Å². The van der Waals surface area contributed by atoms with Crippen molar-refractivity contribution >= 4 is 12.0 Å². The maximum Gasteiger partial charge on any atom is 0.121 e. The summed E-state index contributed by atoms with van der Waals surface area (Å²) in [6, 6.07) is 19.1. The zero-order valence-electron chi connectivity index (χ0n) is 13.5. The average Bonchev–Trinajstić information content (AvgIpc) is 2.56. The standard InChI is InChI=1S/C20H25NO/c1-3-20(2,16-17-10-5-4-6-11-17)18-12-7-8-13-19(18)21-14-9-15-22/h4-8,10-13,15,21H,3,9,14,16H2,1-2H3. The molecule has 1 N–H and O–H groups in total. The van der Waals surface area contributed by atoms with E-state index in [1.54, 1.807) is 0 Å². The highest BCUT2D eigenvalue weighted by Crippen LogP contribution is 2.36. The number of rotatable bonds is 8. The lowest BCUT2D eigenvalue weighted by Gasteiger charge is -2.31. The molecule has 0 aliphatic heterocycles. The van der Waals surface area contributed by atoms with E-state index in [-0.39, 0.29) is 5.41 Å². The summed E-state index contributed by atoms with van der Waals surface area (Å²) < 4.78 is 0. The topological polar surface area (TPSA) is 29.1 Å². The summed E-state index contributed by atoms with van der Waals surface area (Å²) >= 11 is 0. The molecule has 2 aromatic carbocycles. The summed E-state index contributed by atoms with van der Waals surface area (Å²) in [5.41, 5.74) is 3.90. The van der Waals surface area contributed by atoms with E-state index in [1.807, 2.05) is 6.07 Å². The van der Waals surface area contributed by atoms with Crippen molar-refractivity contribution in [2.24, 2.45) is 0 Å². The zero-order valence-corrected chi connectivity index (χ0v) is 13.5. The van der Waals surface area contributed by atoms with Crippen LogP contribution in [0, 0.1) is 0 Å². The van der Waals surface area contributed by atoms with Crippen molar-refractivity contribution in [1.29, 1.82) is 0 Å². The Hall–Kier alpha value is -2.09. The molecule has 2 aromatic rings. The lowest BCUT2D eigenvalue weighted by molar-refractivity contribution is -0.107. The van der Waals surface area contributed by atoms with Crippen molar-refractivity contribution in [2.75, 3.05) is 11.9 Å². The number of hydrogen-bond donors (Lipinski definition) is 1. The van der Waals surface area contributed by atoms with E-state index in [0.717, 1.165) is 24.8 Å². The Morgan fingerprint density at radius 1 is 1.05 bits per heavy atom. The number of nitrogens with one attached hydrogen (secondary N) is 1. The van der Waals surface area contributed by atoms with E-state index in [2.05, 4.69) is 67.7 Å². The molecule has 0 aromatic heterocycles. The van der Waals surface area contributed by atoms with E-state index in [0.29, 0.717) is 13.0 Å². The molecule has 0 radical (unpaired) electrons. The largest absolute Gasteiger partial charge is 0.384 e. The van der Waals surface area contributed by atoms with Crippen LogP contribution in [0.15, 0.2) is 54.6 Å². The molecule has 2 heteroatoms. The van der Waals surface area contributed by atoms with Crippen LogP contribution >= 0.6 is 0 Å². The first-order valence-electron chi connectivity index (χ1n) is 8.00. The van der Waals surface area contributed by atoms with Gasteiger partial charge in [-0.1, -0.05) is 62.4 Å². The molecule has 0 spiro atoms. The van der Waals surface area contributed by atoms with Crippen LogP contribution < -0.4 is 5.32 Å². The number of benzene rings is 2. The average molecular weight is 295 g/mol. The Balaban J connectivity index is 2.27. The molecule has 0 aliphatic carbocycles. The summed E-state index contributed by atoms with van der Waals surface area (Å²) in [5, 5.41) is 3.41. The molecule has 1 atom stereocenters. The Bertz CT molecular complexity index is 594. The summed E-state index contributed by atoms with van der Waals surface area (Å²) in [6.45, 7) is 5.25. The molecular weight excluding hydrogens is 270 g/mol. The fraction of sp³-hybridized carbons (Fsp3) is 0.350. The van der Waals surface area contributed by atoms with Gasteiger partial charge in [-0.05, 0) is 35.4 Å². The minimum atomic E-state index is 0.0755. The molecule has 0 amide bonds. The number of carbonyl (C=O) groups excluding carboxylic acids is 1. The lowest BCUT2D eigenvalue weighted by atomic mass is 9.74. The second-order valence-electron chi connectivity index (χ2n) is 6.00. The van der Waals surface area contributed by atoms with Gasteiger partial charge >= 0.3 is 0 Å². The molecule has 1 unspecified atom stereocenters. The van der Waals surface area contributed by atoms with Crippen molar-refractivity contribution in [3.8, 4) is 0 Å². The number of anilines is 1. The van der Waals surface area contributed by atoms with Gasteiger partial charge in [0.05, 0.1) is 0 Å². The molecule has 0 saturated carbocycles. The molecule has 2 rings (SSSR count). The Labute approximate surface area is 133 Å². The third-order valence-corrected chi connectivity index (χ3v) is 4.37. The highest BCUT2D eigenvalue weighted by atomic mass is 16.1. The van der Waals surface area contributed by atoms with Gasteiger partial charge in [-0.15, -0.1) is 0 Å². The van der Waals surface area contributed by atoms with Crippen LogP contribution in [0.2, 0.25) is 0 Å². The van der Waals surface area contributed by atoms with E-state index in [1.165, 1.54) is 11.1 Å². The molecule has 0 aliphatic rings. The summed E-state index contributed by atoms with van der Waals surface area (Å²) in [5.74, 6) is 0. The van der Waals surface area contributed by atoms with Crippen molar-refractivity contribution in [1.82, 2.24) is 0 Å². The molecule has 0 heterocycles. The summed E-state index contributed by atoms with van der Waals surface area (Å²) in [4.78, 5) is 10.5. The van der Waals surface area contributed by atoms with Crippen molar-refractivity contribution in [3.05, 3.63) is 65.7 Å². The van der Waals surface area contributed by atoms with Crippen molar-refractivity contribution in [3.63, 3.8) is 0 Å². The molecular formula is C20H25NO. The third kappa shape index (κ3) is 3.97. The van der Waals surface area contributed by atoms with Crippen LogP contribution in [-0.4, -0.2) is 12.8 Å². The number of aldehydes is 1. The number of hydrogen-bond acceptors (Lipinski definition) is 2. The fourth-order valence-electron chi connectivity index (χ4n) is 2.89.